The Bertz CT molecular complexity index is 295. The summed E-state index contributed by atoms with van der Waals surface area (Å²) in [5.41, 5.74) is 0. The summed E-state index contributed by atoms with van der Waals surface area (Å²) in [6, 6.07) is 4.19. The predicted octanol–water partition coefficient (Wildman–Crippen LogP) is 2.30. The number of nitrogens with zero attached hydrogens (tertiary/aromatic N) is 1. The number of pyridine rings is 1. The smallest absolute Gasteiger partial charge is 0.0960 e. The Kier molecular flexibility index (Phi) is 7.03. The summed E-state index contributed by atoms with van der Waals surface area (Å²) in [5.74, 6) is 0.965. The molecule has 1 heterocycles. The molecule has 0 aliphatic heterocycles. The minimum Gasteiger partial charge on any atom is -0.395 e. The lowest BCUT2D eigenvalue weighted by Gasteiger charge is -2.13. The van der Waals surface area contributed by atoms with Gasteiger partial charge in [0.2, 0.25) is 0 Å². The Balaban J connectivity index is 2.26. The van der Waals surface area contributed by atoms with Crippen molar-refractivity contribution in [2.45, 2.75) is 24.4 Å². The van der Waals surface area contributed by atoms with Gasteiger partial charge in [-0.2, -0.15) is 0 Å². The first kappa shape index (κ1) is 14.0. The van der Waals surface area contributed by atoms with Gasteiger partial charge in [0.15, 0.2) is 0 Å². The highest BCUT2D eigenvalue weighted by atomic mass is 79.9. The van der Waals surface area contributed by atoms with E-state index in [4.69, 9.17) is 5.11 Å². The molecule has 0 bridgehead atoms. The molecule has 0 aromatic carbocycles. The maximum atomic E-state index is 9.10. The fourth-order valence-corrected chi connectivity index (χ4v) is 2.44. The maximum Gasteiger partial charge on any atom is 0.0960 e. The molecule has 90 valence electrons. The van der Waals surface area contributed by atoms with Gasteiger partial charge in [-0.25, -0.2) is 4.98 Å². The van der Waals surface area contributed by atoms with Crippen molar-refractivity contribution in [3.05, 3.63) is 22.8 Å². The molecule has 0 fully saturated rings. The molecule has 1 aromatic rings. The number of hydrogen-bond acceptors (Lipinski definition) is 4. The number of hydrogen-bond donors (Lipinski definition) is 2. The summed E-state index contributed by atoms with van der Waals surface area (Å²) < 4.78 is 0.998. The zero-order chi connectivity index (χ0) is 11.8. The Morgan fingerprint density at radius 3 is 2.94 bits per heavy atom. The number of aliphatic hydroxyl groups is 1. The van der Waals surface area contributed by atoms with E-state index in [1.807, 2.05) is 19.1 Å². The third kappa shape index (κ3) is 5.30. The van der Waals surface area contributed by atoms with Gasteiger partial charge in [0.1, 0.15) is 0 Å². The summed E-state index contributed by atoms with van der Waals surface area (Å²) in [5, 5.41) is 13.4. The van der Waals surface area contributed by atoms with E-state index in [1.54, 1.807) is 18.0 Å². The van der Waals surface area contributed by atoms with Crippen LogP contribution in [0.15, 0.2) is 27.8 Å². The fourth-order valence-electron chi connectivity index (χ4n) is 1.30. The average Bonchev–Trinajstić information content (AvgIpc) is 2.30. The van der Waals surface area contributed by atoms with Crippen molar-refractivity contribution in [3.8, 4) is 0 Å². The molecular weight excluding hydrogens is 288 g/mol. The van der Waals surface area contributed by atoms with Crippen LogP contribution in [0.1, 0.15) is 13.3 Å². The van der Waals surface area contributed by atoms with Crippen LogP contribution in [-0.4, -0.2) is 35.0 Å². The van der Waals surface area contributed by atoms with Gasteiger partial charge < -0.3 is 10.4 Å². The van der Waals surface area contributed by atoms with E-state index in [2.05, 4.69) is 26.2 Å². The Labute approximate surface area is 109 Å². The molecule has 2 N–H and O–H groups in total. The lowest BCUT2D eigenvalue weighted by atomic mass is 10.2. The minimum atomic E-state index is 0.197. The normalized spacial score (nSPS) is 12.7. The topological polar surface area (TPSA) is 45.1 Å². The van der Waals surface area contributed by atoms with Gasteiger partial charge in [0, 0.05) is 22.5 Å². The van der Waals surface area contributed by atoms with Crippen LogP contribution in [0.4, 0.5) is 0 Å². The molecule has 0 aliphatic rings. The van der Waals surface area contributed by atoms with Gasteiger partial charge in [-0.1, -0.05) is 6.92 Å². The standard InChI is InChI=1S/C11H17BrN2OS/c1-2-13-10(8-15)5-6-16-11-4-3-9(12)7-14-11/h3-4,7,10,13,15H,2,5-6,8H2,1H3. The molecular formula is C11H17BrN2OS. The third-order valence-electron chi connectivity index (χ3n) is 2.13. The van der Waals surface area contributed by atoms with Gasteiger partial charge in [-0.05, 0) is 41.0 Å². The van der Waals surface area contributed by atoms with Crippen molar-refractivity contribution in [3.63, 3.8) is 0 Å². The van der Waals surface area contributed by atoms with Crippen molar-refractivity contribution in [2.24, 2.45) is 0 Å². The second kappa shape index (κ2) is 8.06. The molecule has 5 heteroatoms. The van der Waals surface area contributed by atoms with Crippen LogP contribution in [0.3, 0.4) is 0 Å². The second-order valence-electron chi connectivity index (χ2n) is 3.39. The minimum absolute atomic E-state index is 0.197. The highest BCUT2D eigenvalue weighted by molar-refractivity contribution is 9.10. The first-order valence-electron chi connectivity index (χ1n) is 5.35. The average molecular weight is 305 g/mol. The van der Waals surface area contributed by atoms with Crippen molar-refractivity contribution in [1.82, 2.24) is 10.3 Å². The monoisotopic (exact) mass is 304 g/mol. The van der Waals surface area contributed by atoms with Gasteiger partial charge in [0.05, 0.1) is 11.6 Å². The Hall–Kier alpha value is -0.100. The zero-order valence-electron chi connectivity index (χ0n) is 9.32. The van der Waals surface area contributed by atoms with Crippen molar-refractivity contribution in [1.29, 1.82) is 0 Å². The van der Waals surface area contributed by atoms with E-state index in [-0.39, 0.29) is 12.6 Å². The van der Waals surface area contributed by atoms with E-state index in [9.17, 15) is 0 Å². The number of thioether (sulfide) groups is 1. The summed E-state index contributed by atoms with van der Waals surface area (Å²) in [6.07, 6.45) is 2.75. The van der Waals surface area contributed by atoms with E-state index in [1.165, 1.54) is 0 Å². The Morgan fingerprint density at radius 2 is 2.38 bits per heavy atom. The van der Waals surface area contributed by atoms with E-state index in [0.717, 1.165) is 28.2 Å². The number of nitrogens with one attached hydrogen (secondary N) is 1. The van der Waals surface area contributed by atoms with Gasteiger partial charge >= 0.3 is 0 Å². The molecule has 0 saturated heterocycles. The van der Waals surface area contributed by atoms with Gasteiger partial charge in [-0.15, -0.1) is 11.8 Å². The molecule has 0 saturated carbocycles. The zero-order valence-corrected chi connectivity index (χ0v) is 11.7. The lowest BCUT2D eigenvalue weighted by Crippen LogP contribution is -2.32. The number of aliphatic hydroxyl groups excluding tert-OH is 1. The van der Waals surface area contributed by atoms with Crippen LogP contribution in [0.25, 0.3) is 0 Å². The largest absolute Gasteiger partial charge is 0.395 e. The van der Waals surface area contributed by atoms with Crippen LogP contribution in [0.2, 0.25) is 0 Å². The second-order valence-corrected chi connectivity index (χ2v) is 5.42. The van der Waals surface area contributed by atoms with E-state index in [0.29, 0.717) is 0 Å². The molecule has 1 atom stereocenters. The molecule has 3 nitrogen and oxygen atoms in total. The van der Waals surface area contributed by atoms with Crippen molar-refractivity contribution >= 4 is 27.7 Å². The lowest BCUT2D eigenvalue weighted by molar-refractivity contribution is 0.242. The van der Waals surface area contributed by atoms with Crippen LogP contribution in [0.5, 0.6) is 0 Å². The number of rotatable bonds is 7. The molecule has 16 heavy (non-hydrogen) atoms. The molecule has 0 aliphatic carbocycles. The summed E-state index contributed by atoms with van der Waals surface area (Å²) in [6.45, 7) is 3.14. The van der Waals surface area contributed by atoms with Gasteiger partial charge in [-0.3, -0.25) is 0 Å². The summed E-state index contributed by atoms with van der Waals surface area (Å²) in [4.78, 5) is 4.28. The van der Waals surface area contributed by atoms with E-state index < -0.39 is 0 Å². The van der Waals surface area contributed by atoms with Crippen molar-refractivity contribution < 1.29 is 5.11 Å². The summed E-state index contributed by atoms with van der Waals surface area (Å²) >= 11 is 5.07. The molecule has 0 radical (unpaired) electrons. The van der Waals surface area contributed by atoms with Crippen LogP contribution < -0.4 is 5.32 Å². The van der Waals surface area contributed by atoms with E-state index >= 15 is 0 Å². The number of aromatic nitrogens is 1. The first-order chi connectivity index (χ1) is 7.76. The third-order valence-corrected chi connectivity index (χ3v) is 3.58. The maximum absolute atomic E-state index is 9.10. The fraction of sp³-hybridized carbons (Fsp3) is 0.545. The quantitative estimate of drug-likeness (QED) is 0.759. The molecule has 1 rings (SSSR count). The number of likely N-dealkylation sites (N-methyl/N-ethyl adjacent to an activating group) is 1. The Morgan fingerprint density at radius 1 is 1.56 bits per heavy atom. The van der Waals surface area contributed by atoms with Gasteiger partial charge in [0.25, 0.3) is 0 Å². The van der Waals surface area contributed by atoms with Crippen LogP contribution in [-0.2, 0) is 0 Å². The first-order valence-corrected chi connectivity index (χ1v) is 7.12. The highest BCUT2D eigenvalue weighted by Crippen LogP contribution is 2.18. The highest BCUT2D eigenvalue weighted by Gasteiger charge is 2.05. The van der Waals surface area contributed by atoms with Crippen LogP contribution >= 0.6 is 27.7 Å². The molecule has 1 unspecified atom stereocenters. The van der Waals surface area contributed by atoms with Crippen molar-refractivity contribution in [2.75, 3.05) is 18.9 Å². The predicted molar refractivity (Wildman–Crippen MR) is 71.8 cm³/mol. The molecule has 0 amide bonds. The molecule has 1 aromatic heterocycles. The summed E-state index contributed by atoms with van der Waals surface area (Å²) in [7, 11) is 0. The molecule has 0 spiro atoms. The van der Waals surface area contributed by atoms with Crippen LogP contribution in [0, 0.1) is 0 Å². The number of halogens is 1. The SMILES string of the molecule is CCNC(CO)CCSc1ccc(Br)cn1.